The molecule has 0 unspecified atom stereocenters. The van der Waals surface area contributed by atoms with E-state index in [0.717, 1.165) is 5.56 Å². The lowest BCUT2D eigenvalue weighted by Crippen LogP contribution is -2.02. The molecule has 0 fully saturated rings. The Morgan fingerprint density at radius 1 is 1.16 bits per heavy atom. The standard InChI is InChI=1S/C15H13FO3/c1-18-15(17)12-5-3-7-14(9-12)19-10-11-4-2-6-13(16)8-11/h2-9H,10H2,1H3. The van der Waals surface area contributed by atoms with Crippen molar-refractivity contribution in [3.8, 4) is 5.75 Å². The number of esters is 1. The van der Waals surface area contributed by atoms with Crippen LogP contribution in [0.4, 0.5) is 4.39 Å². The smallest absolute Gasteiger partial charge is 0.337 e. The third kappa shape index (κ3) is 3.55. The molecule has 0 spiro atoms. The predicted octanol–water partition coefficient (Wildman–Crippen LogP) is 3.19. The molecule has 0 saturated carbocycles. The van der Waals surface area contributed by atoms with Crippen molar-refractivity contribution in [3.05, 3.63) is 65.5 Å². The fraction of sp³-hybridized carbons (Fsp3) is 0.133. The fourth-order valence-electron chi connectivity index (χ4n) is 1.62. The van der Waals surface area contributed by atoms with Crippen LogP contribution in [0.25, 0.3) is 0 Å². The Bertz CT molecular complexity index is 581. The highest BCUT2D eigenvalue weighted by molar-refractivity contribution is 5.89. The summed E-state index contributed by atoms with van der Waals surface area (Å²) in [5.41, 5.74) is 1.14. The summed E-state index contributed by atoms with van der Waals surface area (Å²) in [7, 11) is 1.32. The first-order valence-corrected chi connectivity index (χ1v) is 5.74. The van der Waals surface area contributed by atoms with Crippen LogP contribution in [-0.4, -0.2) is 13.1 Å². The lowest BCUT2D eigenvalue weighted by Gasteiger charge is -2.07. The van der Waals surface area contributed by atoms with Crippen LogP contribution >= 0.6 is 0 Å². The minimum absolute atomic E-state index is 0.238. The molecule has 0 aromatic heterocycles. The van der Waals surface area contributed by atoms with Crippen molar-refractivity contribution in [1.29, 1.82) is 0 Å². The van der Waals surface area contributed by atoms with Gasteiger partial charge < -0.3 is 9.47 Å². The number of ether oxygens (including phenoxy) is 2. The van der Waals surface area contributed by atoms with Crippen LogP contribution in [-0.2, 0) is 11.3 Å². The summed E-state index contributed by atoms with van der Waals surface area (Å²) in [5.74, 6) is -0.187. The van der Waals surface area contributed by atoms with Gasteiger partial charge in [0.15, 0.2) is 0 Å². The number of benzene rings is 2. The molecule has 2 rings (SSSR count). The maximum absolute atomic E-state index is 13.0. The minimum atomic E-state index is -0.420. The van der Waals surface area contributed by atoms with Gasteiger partial charge in [0.1, 0.15) is 18.2 Å². The Hall–Kier alpha value is -2.36. The molecule has 3 nitrogen and oxygen atoms in total. The van der Waals surface area contributed by atoms with Crippen molar-refractivity contribution >= 4 is 5.97 Å². The van der Waals surface area contributed by atoms with Crippen LogP contribution in [0.2, 0.25) is 0 Å². The summed E-state index contributed by atoms with van der Waals surface area (Å²) < 4.78 is 23.1. The zero-order valence-electron chi connectivity index (χ0n) is 10.4. The quantitative estimate of drug-likeness (QED) is 0.792. The van der Waals surface area contributed by atoms with Crippen molar-refractivity contribution in [2.24, 2.45) is 0 Å². The fourth-order valence-corrected chi connectivity index (χ4v) is 1.62. The monoisotopic (exact) mass is 260 g/mol. The molecule has 98 valence electrons. The Kier molecular flexibility index (Phi) is 4.13. The molecule has 0 bridgehead atoms. The summed E-state index contributed by atoms with van der Waals surface area (Å²) in [4.78, 5) is 11.4. The number of carbonyl (C=O) groups is 1. The third-order valence-corrected chi connectivity index (χ3v) is 2.55. The molecule has 2 aromatic rings. The van der Waals surface area contributed by atoms with Gasteiger partial charge in [0.05, 0.1) is 12.7 Å². The van der Waals surface area contributed by atoms with E-state index in [4.69, 9.17) is 4.74 Å². The van der Waals surface area contributed by atoms with Crippen LogP contribution in [0.5, 0.6) is 5.75 Å². The molecular weight excluding hydrogens is 247 g/mol. The lowest BCUT2D eigenvalue weighted by molar-refractivity contribution is 0.0600. The molecule has 0 aliphatic rings. The van der Waals surface area contributed by atoms with E-state index in [0.29, 0.717) is 11.3 Å². The first-order valence-electron chi connectivity index (χ1n) is 5.74. The normalized spacial score (nSPS) is 10.0. The molecule has 0 aliphatic heterocycles. The summed E-state index contributed by atoms with van der Waals surface area (Å²) in [6.07, 6.45) is 0. The van der Waals surface area contributed by atoms with Crippen molar-refractivity contribution in [3.63, 3.8) is 0 Å². The summed E-state index contributed by atoms with van der Waals surface area (Å²) >= 11 is 0. The van der Waals surface area contributed by atoms with E-state index in [1.54, 1.807) is 36.4 Å². The van der Waals surface area contributed by atoms with E-state index in [2.05, 4.69) is 4.74 Å². The zero-order chi connectivity index (χ0) is 13.7. The minimum Gasteiger partial charge on any atom is -0.489 e. The maximum atomic E-state index is 13.0. The highest BCUT2D eigenvalue weighted by Crippen LogP contribution is 2.16. The van der Waals surface area contributed by atoms with E-state index in [-0.39, 0.29) is 12.4 Å². The lowest BCUT2D eigenvalue weighted by atomic mass is 10.2. The van der Waals surface area contributed by atoms with Crippen molar-refractivity contribution in [2.45, 2.75) is 6.61 Å². The highest BCUT2D eigenvalue weighted by Gasteiger charge is 2.06. The van der Waals surface area contributed by atoms with Crippen LogP contribution in [0.1, 0.15) is 15.9 Å². The van der Waals surface area contributed by atoms with Gasteiger partial charge in [-0.2, -0.15) is 0 Å². The van der Waals surface area contributed by atoms with Gasteiger partial charge in [-0.1, -0.05) is 18.2 Å². The zero-order valence-corrected chi connectivity index (χ0v) is 10.4. The van der Waals surface area contributed by atoms with Gasteiger partial charge in [0, 0.05) is 0 Å². The second-order valence-electron chi connectivity index (χ2n) is 3.94. The first kappa shape index (κ1) is 13.1. The number of carbonyl (C=O) groups excluding carboxylic acids is 1. The van der Waals surface area contributed by atoms with Crippen molar-refractivity contribution < 1.29 is 18.7 Å². The van der Waals surface area contributed by atoms with E-state index < -0.39 is 5.97 Å². The van der Waals surface area contributed by atoms with Gasteiger partial charge in [-0.15, -0.1) is 0 Å². The highest BCUT2D eigenvalue weighted by atomic mass is 19.1. The number of rotatable bonds is 4. The molecule has 2 aromatic carbocycles. The summed E-state index contributed by atoms with van der Waals surface area (Å²) in [5, 5.41) is 0. The molecule has 19 heavy (non-hydrogen) atoms. The van der Waals surface area contributed by atoms with Gasteiger partial charge in [-0.05, 0) is 35.9 Å². The maximum Gasteiger partial charge on any atom is 0.337 e. The van der Waals surface area contributed by atoms with E-state index in [1.165, 1.54) is 19.2 Å². The SMILES string of the molecule is COC(=O)c1cccc(OCc2cccc(F)c2)c1. The first-order chi connectivity index (χ1) is 9.19. The molecule has 0 atom stereocenters. The van der Waals surface area contributed by atoms with Crippen molar-refractivity contribution in [1.82, 2.24) is 0 Å². The second kappa shape index (κ2) is 6.00. The molecule has 0 saturated heterocycles. The van der Waals surface area contributed by atoms with E-state index >= 15 is 0 Å². The molecular formula is C15H13FO3. The van der Waals surface area contributed by atoms with Crippen molar-refractivity contribution in [2.75, 3.05) is 7.11 Å². The molecule has 0 N–H and O–H groups in total. The van der Waals surface area contributed by atoms with Crippen LogP contribution in [0.3, 0.4) is 0 Å². The Balaban J connectivity index is 2.05. The predicted molar refractivity (Wildman–Crippen MR) is 68.5 cm³/mol. The summed E-state index contributed by atoms with van der Waals surface area (Å²) in [6.45, 7) is 0.238. The third-order valence-electron chi connectivity index (χ3n) is 2.55. The number of hydrogen-bond donors (Lipinski definition) is 0. The Labute approximate surface area is 110 Å². The van der Waals surface area contributed by atoms with Crippen LogP contribution < -0.4 is 4.74 Å². The number of halogens is 1. The van der Waals surface area contributed by atoms with Gasteiger partial charge in [-0.25, -0.2) is 9.18 Å². The van der Waals surface area contributed by atoms with E-state index in [9.17, 15) is 9.18 Å². The average Bonchev–Trinajstić information content (AvgIpc) is 2.45. The van der Waals surface area contributed by atoms with Gasteiger partial charge in [-0.3, -0.25) is 0 Å². The van der Waals surface area contributed by atoms with Gasteiger partial charge in [0.25, 0.3) is 0 Å². The van der Waals surface area contributed by atoms with Gasteiger partial charge in [0.2, 0.25) is 0 Å². The molecule has 4 heteroatoms. The molecule has 0 aliphatic carbocycles. The number of methoxy groups -OCH3 is 1. The Morgan fingerprint density at radius 3 is 2.68 bits per heavy atom. The van der Waals surface area contributed by atoms with E-state index in [1.807, 2.05) is 0 Å². The second-order valence-corrected chi connectivity index (χ2v) is 3.94. The largest absolute Gasteiger partial charge is 0.489 e. The Morgan fingerprint density at radius 2 is 1.95 bits per heavy atom. The van der Waals surface area contributed by atoms with Crippen LogP contribution in [0.15, 0.2) is 48.5 Å². The van der Waals surface area contributed by atoms with Crippen LogP contribution in [0, 0.1) is 5.82 Å². The number of hydrogen-bond acceptors (Lipinski definition) is 3. The summed E-state index contributed by atoms with van der Waals surface area (Å²) in [6, 6.07) is 12.8. The topological polar surface area (TPSA) is 35.5 Å². The average molecular weight is 260 g/mol. The molecule has 0 amide bonds. The molecule has 0 radical (unpaired) electrons. The van der Waals surface area contributed by atoms with Gasteiger partial charge >= 0.3 is 5.97 Å². The molecule has 0 heterocycles.